The van der Waals surface area contributed by atoms with E-state index in [0.29, 0.717) is 17.1 Å². The van der Waals surface area contributed by atoms with E-state index in [0.717, 1.165) is 5.56 Å². The number of methoxy groups -OCH3 is 1. The lowest BCUT2D eigenvalue weighted by Crippen LogP contribution is -2.17. The highest BCUT2D eigenvalue weighted by Crippen LogP contribution is 2.20. The molecular weight excluding hydrogens is 458 g/mol. The van der Waals surface area contributed by atoms with Gasteiger partial charge in [0.15, 0.2) is 0 Å². The third-order valence-corrected chi connectivity index (χ3v) is 5.98. The summed E-state index contributed by atoms with van der Waals surface area (Å²) in [5.74, 6) is -0.507. The summed E-state index contributed by atoms with van der Waals surface area (Å²) in [6.45, 7) is 2.29. The van der Waals surface area contributed by atoms with E-state index >= 15 is 0 Å². The number of amides is 2. The standard InChI is InChI=1S/C24H25N3O6S/c1-17-9-11-19(12-10-17)27-34(30,31)22-8-3-5-18(15-22)23(28)25-20-6-4-7-21(16-20)26-24(29)33-14-13-32-2/h3-12,15-16,27H,13-14H2,1-2H3,(H,25,28)(H,26,29). The highest BCUT2D eigenvalue weighted by atomic mass is 32.2. The lowest BCUT2D eigenvalue weighted by Gasteiger charge is -2.11. The van der Waals surface area contributed by atoms with Crippen molar-refractivity contribution < 1.29 is 27.5 Å². The van der Waals surface area contributed by atoms with Crippen LogP contribution in [0.15, 0.2) is 77.7 Å². The van der Waals surface area contributed by atoms with Gasteiger partial charge in [0.2, 0.25) is 0 Å². The Morgan fingerprint density at radius 2 is 1.50 bits per heavy atom. The first-order chi connectivity index (χ1) is 16.3. The van der Waals surface area contributed by atoms with Crippen molar-refractivity contribution in [3.05, 3.63) is 83.9 Å². The lowest BCUT2D eigenvalue weighted by molar-refractivity contribution is 0.102. The summed E-state index contributed by atoms with van der Waals surface area (Å²) in [4.78, 5) is 24.5. The van der Waals surface area contributed by atoms with Crippen LogP contribution in [0.2, 0.25) is 0 Å². The Labute approximate surface area is 198 Å². The number of rotatable bonds is 9. The molecule has 9 nitrogen and oxygen atoms in total. The number of hydrogen-bond acceptors (Lipinski definition) is 6. The second-order valence-electron chi connectivity index (χ2n) is 7.29. The molecule has 3 rings (SSSR count). The average molecular weight is 484 g/mol. The van der Waals surface area contributed by atoms with E-state index in [1.165, 1.54) is 31.4 Å². The number of sulfonamides is 1. The third-order valence-electron chi connectivity index (χ3n) is 4.60. The number of carbonyl (C=O) groups is 2. The molecule has 0 spiro atoms. The van der Waals surface area contributed by atoms with Gasteiger partial charge in [-0.3, -0.25) is 14.8 Å². The maximum atomic E-state index is 12.8. The lowest BCUT2D eigenvalue weighted by atomic mass is 10.2. The molecule has 3 aromatic carbocycles. The smallest absolute Gasteiger partial charge is 0.411 e. The summed E-state index contributed by atoms with van der Waals surface area (Å²) in [5, 5.41) is 5.25. The van der Waals surface area contributed by atoms with E-state index in [4.69, 9.17) is 9.47 Å². The van der Waals surface area contributed by atoms with E-state index in [-0.39, 0.29) is 23.7 Å². The van der Waals surface area contributed by atoms with Gasteiger partial charge < -0.3 is 14.8 Å². The summed E-state index contributed by atoms with van der Waals surface area (Å²) < 4.78 is 37.8. The van der Waals surface area contributed by atoms with Crippen LogP contribution in [0.25, 0.3) is 0 Å². The number of carbonyl (C=O) groups excluding carboxylic acids is 2. The van der Waals surface area contributed by atoms with Crippen molar-refractivity contribution >= 4 is 39.1 Å². The van der Waals surface area contributed by atoms with Gasteiger partial charge in [0, 0.05) is 29.7 Å². The van der Waals surface area contributed by atoms with Crippen LogP contribution in [0.3, 0.4) is 0 Å². The summed E-state index contributed by atoms with van der Waals surface area (Å²) in [6, 6.07) is 19.1. The molecule has 3 N–H and O–H groups in total. The van der Waals surface area contributed by atoms with Gasteiger partial charge in [-0.15, -0.1) is 0 Å². The van der Waals surface area contributed by atoms with Crippen LogP contribution in [-0.4, -0.2) is 40.7 Å². The minimum absolute atomic E-state index is 0.0463. The average Bonchev–Trinajstić information content (AvgIpc) is 2.81. The first kappa shape index (κ1) is 24.7. The van der Waals surface area contributed by atoms with Crippen LogP contribution in [0.4, 0.5) is 21.9 Å². The molecule has 0 aliphatic rings. The van der Waals surface area contributed by atoms with Crippen LogP contribution in [-0.2, 0) is 19.5 Å². The molecule has 0 bridgehead atoms. The summed E-state index contributed by atoms with van der Waals surface area (Å²) >= 11 is 0. The first-order valence-corrected chi connectivity index (χ1v) is 11.8. The molecule has 2 amide bonds. The quantitative estimate of drug-likeness (QED) is 0.391. The Hall–Kier alpha value is -3.89. The zero-order valence-corrected chi connectivity index (χ0v) is 19.5. The Morgan fingerprint density at radius 3 is 2.21 bits per heavy atom. The SMILES string of the molecule is COCCOC(=O)Nc1cccc(NC(=O)c2cccc(S(=O)(=O)Nc3ccc(C)cc3)c2)c1. The Kier molecular flexibility index (Phi) is 8.23. The van der Waals surface area contributed by atoms with Crippen molar-refractivity contribution in [3.63, 3.8) is 0 Å². The van der Waals surface area contributed by atoms with Crippen molar-refractivity contribution in [2.24, 2.45) is 0 Å². The number of anilines is 3. The number of hydrogen-bond donors (Lipinski definition) is 3. The third kappa shape index (κ3) is 7.06. The molecule has 0 atom stereocenters. The maximum Gasteiger partial charge on any atom is 0.411 e. The van der Waals surface area contributed by atoms with Crippen molar-refractivity contribution in [3.8, 4) is 0 Å². The zero-order valence-electron chi connectivity index (χ0n) is 18.7. The van der Waals surface area contributed by atoms with Gasteiger partial charge in [0.05, 0.1) is 11.5 Å². The van der Waals surface area contributed by atoms with Gasteiger partial charge in [0.25, 0.3) is 15.9 Å². The van der Waals surface area contributed by atoms with E-state index in [1.807, 2.05) is 6.92 Å². The van der Waals surface area contributed by atoms with E-state index in [9.17, 15) is 18.0 Å². The van der Waals surface area contributed by atoms with Gasteiger partial charge in [-0.2, -0.15) is 0 Å². The zero-order chi connectivity index (χ0) is 24.6. The molecule has 3 aromatic rings. The Balaban J connectivity index is 1.68. The molecule has 178 valence electrons. The molecule has 0 heterocycles. The molecule has 0 saturated heterocycles. The van der Waals surface area contributed by atoms with Crippen LogP contribution in [0.5, 0.6) is 0 Å². The molecule has 0 aromatic heterocycles. The molecule has 0 aliphatic carbocycles. The van der Waals surface area contributed by atoms with Crippen LogP contribution in [0, 0.1) is 6.92 Å². The highest BCUT2D eigenvalue weighted by molar-refractivity contribution is 7.92. The molecule has 0 fully saturated rings. The van der Waals surface area contributed by atoms with Gasteiger partial charge in [-0.1, -0.05) is 29.8 Å². The van der Waals surface area contributed by atoms with Crippen LogP contribution in [0.1, 0.15) is 15.9 Å². The van der Waals surface area contributed by atoms with E-state index in [1.54, 1.807) is 48.5 Å². The van der Waals surface area contributed by atoms with Crippen molar-refractivity contribution in [2.75, 3.05) is 35.7 Å². The molecule has 10 heteroatoms. The highest BCUT2D eigenvalue weighted by Gasteiger charge is 2.17. The Morgan fingerprint density at radius 1 is 0.824 bits per heavy atom. The van der Waals surface area contributed by atoms with Crippen molar-refractivity contribution in [1.82, 2.24) is 0 Å². The van der Waals surface area contributed by atoms with Gasteiger partial charge >= 0.3 is 6.09 Å². The van der Waals surface area contributed by atoms with E-state index in [2.05, 4.69) is 15.4 Å². The van der Waals surface area contributed by atoms with Gasteiger partial charge in [-0.25, -0.2) is 13.2 Å². The summed E-state index contributed by atoms with van der Waals surface area (Å²) in [5.41, 5.74) is 2.41. The monoisotopic (exact) mass is 483 g/mol. The molecular formula is C24H25N3O6S. The fourth-order valence-corrected chi connectivity index (χ4v) is 3.99. The number of nitrogens with one attached hydrogen (secondary N) is 3. The fraction of sp³-hybridized carbons (Fsp3) is 0.167. The molecule has 0 saturated carbocycles. The predicted octanol–water partition coefficient (Wildman–Crippen LogP) is 4.24. The molecule has 34 heavy (non-hydrogen) atoms. The largest absolute Gasteiger partial charge is 0.447 e. The van der Waals surface area contributed by atoms with Crippen molar-refractivity contribution in [2.45, 2.75) is 11.8 Å². The number of benzene rings is 3. The first-order valence-electron chi connectivity index (χ1n) is 10.3. The molecule has 0 radical (unpaired) electrons. The minimum atomic E-state index is -3.89. The maximum absolute atomic E-state index is 12.8. The van der Waals surface area contributed by atoms with E-state index < -0.39 is 22.0 Å². The van der Waals surface area contributed by atoms with Gasteiger partial charge in [0.1, 0.15) is 6.61 Å². The second kappa shape index (κ2) is 11.3. The summed E-state index contributed by atoms with van der Waals surface area (Å²) in [6.07, 6.45) is -0.653. The van der Waals surface area contributed by atoms with Crippen LogP contribution < -0.4 is 15.4 Å². The van der Waals surface area contributed by atoms with Crippen molar-refractivity contribution in [1.29, 1.82) is 0 Å². The predicted molar refractivity (Wildman–Crippen MR) is 130 cm³/mol. The van der Waals surface area contributed by atoms with Gasteiger partial charge in [-0.05, 0) is 55.5 Å². The minimum Gasteiger partial charge on any atom is -0.447 e. The Bertz CT molecular complexity index is 1260. The summed E-state index contributed by atoms with van der Waals surface area (Å²) in [7, 11) is -2.39. The molecule has 0 aliphatic heterocycles. The number of aryl methyl sites for hydroxylation is 1. The van der Waals surface area contributed by atoms with Crippen LogP contribution >= 0.6 is 0 Å². The topological polar surface area (TPSA) is 123 Å². The molecule has 0 unspecified atom stereocenters. The fourth-order valence-electron chi connectivity index (χ4n) is 2.89. The number of ether oxygens (including phenoxy) is 2. The second-order valence-corrected chi connectivity index (χ2v) is 8.97. The normalized spacial score (nSPS) is 10.9.